The second kappa shape index (κ2) is 6.37. The average molecular weight is 338 g/mol. The van der Waals surface area contributed by atoms with E-state index in [9.17, 15) is 12.8 Å². The number of sulfonamides is 1. The van der Waals surface area contributed by atoms with Crippen LogP contribution in [0.25, 0.3) is 0 Å². The normalized spacial score (nSPS) is 19.3. The molecule has 0 unspecified atom stereocenters. The lowest BCUT2D eigenvalue weighted by Crippen LogP contribution is -2.38. The van der Waals surface area contributed by atoms with Crippen LogP contribution in [0.2, 0.25) is 0 Å². The maximum atomic E-state index is 13.3. The van der Waals surface area contributed by atoms with Gasteiger partial charge in [0.25, 0.3) is 0 Å². The third kappa shape index (κ3) is 3.13. The molecule has 0 amide bonds. The Hall–Kier alpha value is -1.80. The Balaban J connectivity index is 1.86. The molecular formula is C15H19FN4O2S. The van der Waals surface area contributed by atoms with Crippen LogP contribution >= 0.6 is 0 Å². The molecule has 1 fully saturated rings. The molecule has 1 saturated heterocycles. The van der Waals surface area contributed by atoms with Crippen LogP contribution in [-0.4, -0.2) is 39.8 Å². The van der Waals surface area contributed by atoms with Crippen LogP contribution in [0, 0.1) is 5.82 Å². The molecule has 2 aromatic heterocycles. The summed E-state index contributed by atoms with van der Waals surface area (Å²) in [5.41, 5.74) is 0. The molecule has 0 radical (unpaired) electrons. The first kappa shape index (κ1) is 16.1. The molecule has 1 aliphatic rings. The van der Waals surface area contributed by atoms with Crippen molar-refractivity contribution < 1.29 is 12.8 Å². The summed E-state index contributed by atoms with van der Waals surface area (Å²) in [5.74, 6) is 0.284. The Morgan fingerprint density at radius 3 is 2.96 bits per heavy atom. The van der Waals surface area contributed by atoms with Crippen LogP contribution in [0.5, 0.6) is 0 Å². The van der Waals surface area contributed by atoms with Crippen molar-refractivity contribution in [3.05, 3.63) is 42.5 Å². The van der Waals surface area contributed by atoms with E-state index in [1.54, 1.807) is 6.20 Å². The SMILES string of the molecule is CCc1nccn1C[C@@H]1CCCN1S(=O)(=O)c1cncc(F)c1. The first-order chi connectivity index (χ1) is 11.0. The zero-order valence-corrected chi connectivity index (χ0v) is 13.7. The molecule has 6 nitrogen and oxygen atoms in total. The molecule has 0 aliphatic carbocycles. The second-order valence-corrected chi connectivity index (χ2v) is 7.49. The highest BCUT2D eigenvalue weighted by molar-refractivity contribution is 7.89. The van der Waals surface area contributed by atoms with Crippen LogP contribution in [0.15, 0.2) is 35.7 Å². The van der Waals surface area contributed by atoms with Gasteiger partial charge in [-0.1, -0.05) is 6.92 Å². The average Bonchev–Trinajstić information content (AvgIpc) is 3.17. The van der Waals surface area contributed by atoms with E-state index in [-0.39, 0.29) is 10.9 Å². The molecule has 124 valence electrons. The van der Waals surface area contributed by atoms with E-state index < -0.39 is 15.8 Å². The number of pyridine rings is 1. The maximum absolute atomic E-state index is 13.3. The van der Waals surface area contributed by atoms with Gasteiger partial charge >= 0.3 is 0 Å². The number of hydrogen-bond acceptors (Lipinski definition) is 4. The van der Waals surface area contributed by atoms with Crippen LogP contribution in [0.1, 0.15) is 25.6 Å². The summed E-state index contributed by atoms with van der Waals surface area (Å²) >= 11 is 0. The molecule has 8 heteroatoms. The van der Waals surface area contributed by atoms with Crippen LogP contribution in [0.3, 0.4) is 0 Å². The molecule has 0 spiro atoms. The zero-order valence-electron chi connectivity index (χ0n) is 12.9. The van der Waals surface area contributed by atoms with E-state index in [2.05, 4.69) is 9.97 Å². The third-order valence-corrected chi connectivity index (χ3v) is 6.05. The monoisotopic (exact) mass is 338 g/mol. The summed E-state index contributed by atoms with van der Waals surface area (Å²) in [6.45, 7) is 3.02. The zero-order chi connectivity index (χ0) is 16.4. The predicted octanol–water partition coefficient (Wildman–Crippen LogP) is 1.83. The minimum Gasteiger partial charge on any atom is -0.333 e. The predicted molar refractivity (Wildman–Crippen MR) is 82.7 cm³/mol. The molecule has 3 heterocycles. The smallest absolute Gasteiger partial charge is 0.245 e. The van der Waals surface area contributed by atoms with Crippen molar-refractivity contribution in [3.8, 4) is 0 Å². The van der Waals surface area contributed by atoms with E-state index in [0.29, 0.717) is 13.1 Å². The first-order valence-electron chi connectivity index (χ1n) is 7.64. The van der Waals surface area contributed by atoms with Crippen molar-refractivity contribution in [2.45, 2.75) is 43.7 Å². The summed E-state index contributed by atoms with van der Waals surface area (Å²) in [7, 11) is -3.74. The summed E-state index contributed by atoms with van der Waals surface area (Å²) in [6, 6.07) is 0.870. The van der Waals surface area contributed by atoms with Gasteiger partial charge in [-0.05, 0) is 18.9 Å². The molecular weight excluding hydrogens is 319 g/mol. The topological polar surface area (TPSA) is 68.1 Å². The largest absolute Gasteiger partial charge is 0.333 e. The Bertz CT molecular complexity index is 790. The molecule has 23 heavy (non-hydrogen) atoms. The standard InChI is InChI=1S/C15H19FN4O2S/c1-2-15-18-5-7-19(15)11-13-4-3-6-20(13)23(21,22)14-8-12(16)9-17-10-14/h5,7-10,13H,2-4,6,11H2,1H3/t13-/m0/s1. The lowest BCUT2D eigenvalue weighted by molar-refractivity contribution is 0.348. The third-order valence-electron chi connectivity index (χ3n) is 4.13. The molecule has 3 rings (SSSR count). The molecule has 1 atom stereocenters. The van der Waals surface area contributed by atoms with Crippen LogP contribution < -0.4 is 0 Å². The number of hydrogen-bond donors (Lipinski definition) is 0. The summed E-state index contributed by atoms with van der Waals surface area (Å²) in [5, 5.41) is 0. The van der Waals surface area contributed by atoms with Gasteiger partial charge in [0.15, 0.2) is 0 Å². The van der Waals surface area contributed by atoms with Crippen molar-refractivity contribution >= 4 is 10.0 Å². The first-order valence-corrected chi connectivity index (χ1v) is 9.08. The number of imidazole rings is 1. The lowest BCUT2D eigenvalue weighted by atomic mass is 10.2. The maximum Gasteiger partial charge on any atom is 0.245 e. The molecule has 0 bridgehead atoms. The minimum absolute atomic E-state index is 0.0919. The van der Waals surface area contributed by atoms with E-state index >= 15 is 0 Å². The van der Waals surface area contributed by atoms with Gasteiger partial charge in [-0.2, -0.15) is 4.31 Å². The van der Waals surface area contributed by atoms with Crippen LogP contribution in [0.4, 0.5) is 4.39 Å². The highest BCUT2D eigenvalue weighted by Crippen LogP contribution is 2.27. The fraction of sp³-hybridized carbons (Fsp3) is 0.467. The Morgan fingerprint density at radius 2 is 2.22 bits per heavy atom. The highest BCUT2D eigenvalue weighted by atomic mass is 32.2. The Labute approximate surface area is 135 Å². The molecule has 0 N–H and O–H groups in total. The number of aromatic nitrogens is 3. The number of halogens is 1. The molecule has 0 aromatic carbocycles. The number of nitrogens with zero attached hydrogens (tertiary/aromatic N) is 4. The molecule has 2 aromatic rings. The fourth-order valence-electron chi connectivity index (χ4n) is 3.02. The van der Waals surface area contributed by atoms with Gasteiger partial charge in [-0.3, -0.25) is 4.98 Å². The minimum atomic E-state index is -3.74. The van der Waals surface area contributed by atoms with Gasteiger partial charge in [-0.25, -0.2) is 17.8 Å². The second-order valence-electron chi connectivity index (χ2n) is 5.60. The van der Waals surface area contributed by atoms with Gasteiger partial charge in [0, 0.05) is 44.1 Å². The van der Waals surface area contributed by atoms with Gasteiger partial charge in [0.2, 0.25) is 10.0 Å². The number of rotatable bonds is 5. The number of aryl methyl sites for hydroxylation is 1. The van der Waals surface area contributed by atoms with Crippen molar-refractivity contribution in [2.24, 2.45) is 0 Å². The highest BCUT2D eigenvalue weighted by Gasteiger charge is 2.36. The van der Waals surface area contributed by atoms with Crippen molar-refractivity contribution in [1.29, 1.82) is 0 Å². The Morgan fingerprint density at radius 1 is 1.39 bits per heavy atom. The summed E-state index contributed by atoms with van der Waals surface area (Å²) < 4.78 is 42.3. The van der Waals surface area contributed by atoms with E-state index in [4.69, 9.17) is 0 Å². The van der Waals surface area contributed by atoms with Crippen molar-refractivity contribution in [3.63, 3.8) is 0 Å². The summed E-state index contributed by atoms with van der Waals surface area (Å²) in [6.07, 6.45) is 8.16. The molecule has 0 saturated carbocycles. The van der Waals surface area contributed by atoms with E-state index in [1.807, 2.05) is 17.7 Å². The van der Waals surface area contributed by atoms with E-state index in [1.165, 1.54) is 10.5 Å². The van der Waals surface area contributed by atoms with E-state index in [0.717, 1.165) is 37.4 Å². The summed E-state index contributed by atoms with van der Waals surface area (Å²) in [4.78, 5) is 7.83. The van der Waals surface area contributed by atoms with Gasteiger partial charge in [-0.15, -0.1) is 0 Å². The van der Waals surface area contributed by atoms with Gasteiger partial charge in [0.1, 0.15) is 16.5 Å². The molecule has 1 aliphatic heterocycles. The van der Waals surface area contributed by atoms with Crippen molar-refractivity contribution in [2.75, 3.05) is 6.54 Å². The van der Waals surface area contributed by atoms with Gasteiger partial charge < -0.3 is 4.57 Å². The Kier molecular flexibility index (Phi) is 4.45. The fourth-order valence-corrected chi connectivity index (χ4v) is 4.69. The van der Waals surface area contributed by atoms with Gasteiger partial charge in [0.05, 0.1) is 6.20 Å². The lowest BCUT2D eigenvalue weighted by Gasteiger charge is -2.24. The quantitative estimate of drug-likeness (QED) is 0.834. The van der Waals surface area contributed by atoms with Crippen molar-refractivity contribution in [1.82, 2.24) is 18.8 Å². The van der Waals surface area contributed by atoms with Crippen LogP contribution in [-0.2, 0) is 23.0 Å².